The molecular weight excluding hydrogens is 230 g/mol. The Hall–Kier alpha value is -1.55. The molecule has 1 aromatic rings. The van der Waals surface area contributed by atoms with Crippen LogP contribution in [0.2, 0.25) is 0 Å². The summed E-state index contributed by atoms with van der Waals surface area (Å²) in [6.07, 6.45) is 0. The second kappa shape index (κ2) is 6.40. The first-order valence-corrected chi connectivity index (χ1v) is 6.09. The second-order valence-electron chi connectivity index (χ2n) is 4.69. The zero-order valence-electron chi connectivity index (χ0n) is 11.3. The van der Waals surface area contributed by atoms with Crippen molar-refractivity contribution >= 4 is 5.97 Å². The molecule has 2 atom stereocenters. The van der Waals surface area contributed by atoms with Crippen molar-refractivity contribution in [3.63, 3.8) is 0 Å². The molecule has 4 heteroatoms. The molecule has 0 aromatic heterocycles. The van der Waals surface area contributed by atoms with E-state index in [9.17, 15) is 9.90 Å². The number of aromatic hydroxyl groups is 1. The highest BCUT2D eigenvalue weighted by atomic mass is 16.5. The van der Waals surface area contributed by atoms with E-state index in [0.29, 0.717) is 0 Å². The molecule has 18 heavy (non-hydrogen) atoms. The Morgan fingerprint density at radius 3 is 2.39 bits per heavy atom. The molecule has 4 nitrogen and oxygen atoms in total. The number of carbonyl (C=O) groups excluding carboxylic acids is 1. The Labute approximate surface area is 108 Å². The van der Waals surface area contributed by atoms with Crippen LogP contribution in [0.4, 0.5) is 0 Å². The zero-order valence-corrected chi connectivity index (χ0v) is 11.3. The maximum absolute atomic E-state index is 11.7. The minimum Gasteiger partial charge on any atom is -0.508 e. The van der Waals surface area contributed by atoms with Gasteiger partial charge in [0.05, 0.1) is 7.11 Å². The molecule has 0 saturated heterocycles. The molecule has 0 aliphatic rings. The van der Waals surface area contributed by atoms with Crippen LogP contribution in [0, 0.1) is 5.92 Å². The molecule has 1 rings (SSSR count). The van der Waals surface area contributed by atoms with Gasteiger partial charge in [-0.1, -0.05) is 32.0 Å². The predicted molar refractivity (Wildman–Crippen MR) is 70.3 cm³/mol. The molecule has 0 saturated carbocycles. The van der Waals surface area contributed by atoms with Crippen molar-refractivity contribution in [2.24, 2.45) is 5.92 Å². The fourth-order valence-corrected chi connectivity index (χ4v) is 1.87. The molecule has 1 aromatic carbocycles. The van der Waals surface area contributed by atoms with Gasteiger partial charge in [0.2, 0.25) is 0 Å². The molecule has 0 aliphatic heterocycles. The van der Waals surface area contributed by atoms with E-state index >= 15 is 0 Å². The summed E-state index contributed by atoms with van der Waals surface area (Å²) in [5, 5.41) is 13.0. The molecule has 0 bridgehead atoms. The summed E-state index contributed by atoms with van der Waals surface area (Å²) < 4.78 is 4.78. The van der Waals surface area contributed by atoms with Crippen LogP contribution in [0.3, 0.4) is 0 Å². The lowest BCUT2D eigenvalue weighted by Crippen LogP contribution is -2.42. The van der Waals surface area contributed by atoms with Crippen molar-refractivity contribution in [1.29, 1.82) is 0 Å². The van der Waals surface area contributed by atoms with E-state index in [-0.39, 0.29) is 29.7 Å². The maximum Gasteiger partial charge on any atom is 0.323 e. The quantitative estimate of drug-likeness (QED) is 0.788. The fraction of sp³-hybridized carbons (Fsp3) is 0.500. The summed E-state index contributed by atoms with van der Waals surface area (Å²) in [6, 6.07) is 6.58. The molecule has 0 radical (unpaired) electrons. The van der Waals surface area contributed by atoms with Gasteiger partial charge >= 0.3 is 5.97 Å². The standard InChI is InChI=1S/C14H21NO3/c1-9(2)13(14(17)18-4)15-10(3)11-7-5-6-8-12(11)16/h5-10,13,15-16H,1-4H3. The van der Waals surface area contributed by atoms with E-state index in [1.54, 1.807) is 12.1 Å². The van der Waals surface area contributed by atoms with Gasteiger partial charge in [0, 0.05) is 11.6 Å². The van der Waals surface area contributed by atoms with Gasteiger partial charge in [0.1, 0.15) is 11.8 Å². The van der Waals surface area contributed by atoms with Crippen molar-refractivity contribution in [2.45, 2.75) is 32.9 Å². The number of hydrogen-bond acceptors (Lipinski definition) is 4. The first-order valence-electron chi connectivity index (χ1n) is 6.09. The van der Waals surface area contributed by atoms with E-state index in [1.165, 1.54) is 7.11 Å². The van der Waals surface area contributed by atoms with Crippen LogP contribution in [0.25, 0.3) is 0 Å². The normalized spacial score (nSPS) is 14.3. The minimum atomic E-state index is -0.385. The molecule has 0 aliphatic carbocycles. The maximum atomic E-state index is 11.7. The number of hydrogen-bond donors (Lipinski definition) is 2. The van der Waals surface area contributed by atoms with Crippen LogP contribution in [-0.4, -0.2) is 24.2 Å². The monoisotopic (exact) mass is 251 g/mol. The van der Waals surface area contributed by atoms with Gasteiger partial charge in [-0.05, 0) is 18.9 Å². The number of ether oxygens (including phenoxy) is 1. The van der Waals surface area contributed by atoms with Crippen molar-refractivity contribution < 1.29 is 14.6 Å². The minimum absolute atomic E-state index is 0.116. The lowest BCUT2D eigenvalue weighted by molar-refractivity contribution is -0.144. The van der Waals surface area contributed by atoms with Crippen LogP contribution in [0.5, 0.6) is 5.75 Å². The number of para-hydroxylation sites is 1. The molecule has 0 amide bonds. The average Bonchev–Trinajstić information content (AvgIpc) is 2.35. The van der Waals surface area contributed by atoms with Gasteiger partial charge in [0.15, 0.2) is 0 Å². The van der Waals surface area contributed by atoms with Crippen LogP contribution < -0.4 is 5.32 Å². The highest BCUT2D eigenvalue weighted by Crippen LogP contribution is 2.24. The first kappa shape index (κ1) is 14.5. The van der Waals surface area contributed by atoms with Crippen molar-refractivity contribution in [2.75, 3.05) is 7.11 Å². The van der Waals surface area contributed by atoms with E-state index in [2.05, 4.69) is 5.32 Å². The van der Waals surface area contributed by atoms with Gasteiger partial charge in [-0.15, -0.1) is 0 Å². The average molecular weight is 251 g/mol. The number of phenols is 1. The van der Waals surface area contributed by atoms with E-state index in [0.717, 1.165) is 5.56 Å². The van der Waals surface area contributed by atoms with Gasteiger partial charge in [-0.25, -0.2) is 0 Å². The molecule has 100 valence electrons. The Bertz CT molecular complexity index is 404. The summed E-state index contributed by atoms with van der Waals surface area (Å²) in [5.74, 6) is 0.0582. The number of nitrogens with one attached hydrogen (secondary N) is 1. The molecule has 2 N–H and O–H groups in total. The molecule has 2 unspecified atom stereocenters. The van der Waals surface area contributed by atoms with Gasteiger partial charge in [0.25, 0.3) is 0 Å². The fourth-order valence-electron chi connectivity index (χ4n) is 1.87. The van der Waals surface area contributed by atoms with Crippen molar-refractivity contribution in [1.82, 2.24) is 5.32 Å². The highest BCUT2D eigenvalue weighted by Gasteiger charge is 2.25. The van der Waals surface area contributed by atoms with Crippen LogP contribution >= 0.6 is 0 Å². The molecule has 0 fully saturated rings. The SMILES string of the molecule is COC(=O)C(NC(C)c1ccccc1O)C(C)C. The van der Waals surface area contributed by atoms with Crippen LogP contribution in [-0.2, 0) is 9.53 Å². The molecule has 0 spiro atoms. The summed E-state index contributed by atoms with van der Waals surface area (Å²) >= 11 is 0. The van der Waals surface area contributed by atoms with E-state index in [1.807, 2.05) is 32.9 Å². The van der Waals surface area contributed by atoms with Gasteiger partial charge in [-0.2, -0.15) is 0 Å². The van der Waals surface area contributed by atoms with E-state index < -0.39 is 0 Å². The summed E-state index contributed by atoms with van der Waals surface area (Å²) in [6.45, 7) is 5.81. The third kappa shape index (κ3) is 3.47. The predicted octanol–water partition coefficient (Wildman–Crippen LogP) is 2.24. The number of benzene rings is 1. The lowest BCUT2D eigenvalue weighted by Gasteiger charge is -2.24. The van der Waals surface area contributed by atoms with Crippen LogP contribution in [0.1, 0.15) is 32.4 Å². The third-order valence-electron chi connectivity index (χ3n) is 2.95. The number of carbonyl (C=O) groups is 1. The van der Waals surface area contributed by atoms with Crippen molar-refractivity contribution in [3.8, 4) is 5.75 Å². The second-order valence-corrected chi connectivity index (χ2v) is 4.69. The first-order chi connectivity index (χ1) is 8.47. The van der Waals surface area contributed by atoms with Gasteiger partial charge in [-0.3, -0.25) is 10.1 Å². The van der Waals surface area contributed by atoms with E-state index in [4.69, 9.17) is 4.74 Å². The lowest BCUT2D eigenvalue weighted by atomic mass is 10.0. The van der Waals surface area contributed by atoms with Crippen molar-refractivity contribution in [3.05, 3.63) is 29.8 Å². The smallest absolute Gasteiger partial charge is 0.323 e. The Morgan fingerprint density at radius 2 is 1.89 bits per heavy atom. The van der Waals surface area contributed by atoms with Gasteiger partial charge < -0.3 is 9.84 Å². The number of esters is 1. The zero-order chi connectivity index (χ0) is 13.7. The molecular formula is C14H21NO3. The number of rotatable bonds is 5. The van der Waals surface area contributed by atoms with Crippen LogP contribution in [0.15, 0.2) is 24.3 Å². The largest absolute Gasteiger partial charge is 0.508 e. The summed E-state index contributed by atoms with van der Waals surface area (Å²) in [7, 11) is 1.38. The summed E-state index contributed by atoms with van der Waals surface area (Å²) in [5.41, 5.74) is 0.770. The Morgan fingerprint density at radius 1 is 1.28 bits per heavy atom. The highest BCUT2D eigenvalue weighted by molar-refractivity contribution is 5.76. The topological polar surface area (TPSA) is 58.6 Å². The third-order valence-corrected chi connectivity index (χ3v) is 2.95. The Kier molecular flexibility index (Phi) is 5.16. The Balaban J connectivity index is 2.82. The summed E-state index contributed by atoms with van der Waals surface area (Å²) in [4.78, 5) is 11.7. The number of phenolic OH excluding ortho intramolecular Hbond substituents is 1. The number of methoxy groups -OCH3 is 1. The molecule has 0 heterocycles.